The minimum absolute atomic E-state index is 0.0320. The van der Waals surface area contributed by atoms with Crippen LogP contribution in [0.15, 0.2) is 35.6 Å². The highest BCUT2D eigenvalue weighted by Crippen LogP contribution is 2.25. The molecule has 0 amide bonds. The van der Waals surface area contributed by atoms with Crippen LogP contribution in [0.3, 0.4) is 0 Å². The first-order chi connectivity index (χ1) is 12.0. The van der Waals surface area contributed by atoms with Crippen molar-refractivity contribution >= 4 is 29.2 Å². The third-order valence-corrected chi connectivity index (χ3v) is 4.61. The van der Waals surface area contributed by atoms with Gasteiger partial charge in [-0.2, -0.15) is 0 Å². The zero-order chi connectivity index (χ0) is 18.2. The number of hydrogen-bond acceptors (Lipinski definition) is 2. The molecule has 2 aromatic rings. The molecule has 0 fully saturated rings. The fourth-order valence-electron chi connectivity index (χ4n) is 2.58. The van der Waals surface area contributed by atoms with Gasteiger partial charge in [0.2, 0.25) is 0 Å². The number of imidazole rings is 1. The Morgan fingerprint density at radius 2 is 2.12 bits per heavy atom. The largest absolute Gasteiger partial charge is 0.356 e. The first-order valence-corrected chi connectivity index (χ1v) is 9.16. The molecule has 1 heterocycles. The van der Waals surface area contributed by atoms with Crippen LogP contribution in [0.2, 0.25) is 10.0 Å². The van der Waals surface area contributed by atoms with Crippen molar-refractivity contribution in [2.75, 3.05) is 13.6 Å². The van der Waals surface area contributed by atoms with E-state index in [4.69, 9.17) is 23.2 Å². The van der Waals surface area contributed by atoms with E-state index in [2.05, 4.69) is 25.2 Å². The van der Waals surface area contributed by atoms with E-state index >= 15 is 0 Å². The number of hydrogen-bond donors (Lipinski definition) is 2. The number of nitrogens with one attached hydrogen (secondary N) is 2. The van der Waals surface area contributed by atoms with Crippen LogP contribution in [0.1, 0.15) is 37.2 Å². The van der Waals surface area contributed by atoms with Crippen molar-refractivity contribution in [1.82, 2.24) is 20.2 Å². The standard InChI is InChI=1S/C18H25Cl2N5/c1-13(16-7-6-15(19)12-17(16)20)24-18(21-3)23-8-4-5-10-25-11-9-22-14(25)2/h6-7,9,11-13H,4-5,8,10H2,1-3H3,(H2,21,23,24). The van der Waals surface area contributed by atoms with Gasteiger partial charge in [-0.3, -0.25) is 4.99 Å². The predicted molar refractivity (Wildman–Crippen MR) is 106 cm³/mol. The number of guanidine groups is 1. The second-order valence-electron chi connectivity index (χ2n) is 5.91. The quantitative estimate of drug-likeness (QED) is 0.429. The molecule has 1 unspecified atom stereocenters. The zero-order valence-corrected chi connectivity index (χ0v) is 16.4. The summed E-state index contributed by atoms with van der Waals surface area (Å²) in [7, 11) is 1.76. The first kappa shape index (κ1) is 19.6. The van der Waals surface area contributed by atoms with Crippen molar-refractivity contribution in [2.24, 2.45) is 4.99 Å². The third-order valence-electron chi connectivity index (χ3n) is 4.05. The van der Waals surface area contributed by atoms with Gasteiger partial charge in [-0.05, 0) is 44.4 Å². The SMILES string of the molecule is CN=C(NCCCCn1ccnc1C)NC(C)c1ccc(Cl)cc1Cl. The summed E-state index contributed by atoms with van der Waals surface area (Å²) < 4.78 is 2.16. The number of rotatable bonds is 7. The molecule has 2 N–H and O–H groups in total. The van der Waals surface area contributed by atoms with E-state index in [-0.39, 0.29) is 6.04 Å². The summed E-state index contributed by atoms with van der Waals surface area (Å²) in [4.78, 5) is 8.50. The lowest BCUT2D eigenvalue weighted by molar-refractivity contribution is 0.585. The highest BCUT2D eigenvalue weighted by Gasteiger charge is 2.11. The van der Waals surface area contributed by atoms with Crippen molar-refractivity contribution in [3.63, 3.8) is 0 Å². The lowest BCUT2D eigenvalue weighted by Gasteiger charge is -2.19. The number of halogens is 2. The molecule has 5 nitrogen and oxygen atoms in total. The number of benzene rings is 1. The molecule has 0 aliphatic carbocycles. The molecule has 1 atom stereocenters. The topological polar surface area (TPSA) is 54.2 Å². The summed E-state index contributed by atoms with van der Waals surface area (Å²) in [5.41, 5.74) is 0.990. The molecule has 0 aliphatic rings. The van der Waals surface area contributed by atoms with E-state index in [0.29, 0.717) is 10.0 Å². The van der Waals surface area contributed by atoms with Gasteiger partial charge < -0.3 is 15.2 Å². The van der Waals surface area contributed by atoms with Crippen molar-refractivity contribution in [3.05, 3.63) is 52.0 Å². The molecule has 0 saturated carbocycles. The van der Waals surface area contributed by atoms with Crippen LogP contribution < -0.4 is 10.6 Å². The van der Waals surface area contributed by atoms with Crippen molar-refractivity contribution < 1.29 is 0 Å². The van der Waals surface area contributed by atoms with E-state index < -0.39 is 0 Å². The average Bonchev–Trinajstić information content (AvgIpc) is 2.98. The molecule has 0 radical (unpaired) electrons. The van der Waals surface area contributed by atoms with Crippen molar-refractivity contribution in [1.29, 1.82) is 0 Å². The lowest BCUT2D eigenvalue weighted by Crippen LogP contribution is -2.39. The minimum Gasteiger partial charge on any atom is -0.356 e. The number of unbranched alkanes of at least 4 members (excludes halogenated alkanes) is 1. The smallest absolute Gasteiger partial charge is 0.191 e. The summed E-state index contributed by atoms with van der Waals surface area (Å²) in [6.07, 6.45) is 5.98. The summed E-state index contributed by atoms with van der Waals surface area (Å²) >= 11 is 12.2. The highest BCUT2D eigenvalue weighted by molar-refractivity contribution is 6.35. The van der Waals surface area contributed by atoms with Crippen molar-refractivity contribution in [2.45, 2.75) is 39.3 Å². The molecule has 0 bridgehead atoms. The highest BCUT2D eigenvalue weighted by atomic mass is 35.5. The van der Waals surface area contributed by atoms with Crippen LogP contribution in [0, 0.1) is 6.92 Å². The van der Waals surface area contributed by atoms with E-state index in [9.17, 15) is 0 Å². The Morgan fingerprint density at radius 3 is 2.76 bits per heavy atom. The second kappa shape index (κ2) is 9.68. The zero-order valence-electron chi connectivity index (χ0n) is 14.9. The summed E-state index contributed by atoms with van der Waals surface area (Å²) in [5.74, 6) is 1.82. The number of aryl methyl sites for hydroxylation is 2. The first-order valence-electron chi connectivity index (χ1n) is 8.41. The maximum absolute atomic E-state index is 6.27. The van der Waals surface area contributed by atoms with Gasteiger partial charge in [-0.1, -0.05) is 29.3 Å². The maximum Gasteiger partial charge on any atom is 0.191 e. The number of aromatic nitrogens is 2. The summed E-state index contributed by atoms with van der Waals surface area (Å²) in [5, 5.41) is 7.98. The van der Waals surface area contributed by atoms with Gasteiger partial charge in [0.1, 0.15) is 5.82 Å². The Bertz CT molecular complexity index is 711. The van der Waals surface area contributed by atoms with Gasteiger partial charge in [0.05, 0.1) is 6.04 Å². The van der Waals surface area contributed by atoms with Gasteiger partial charge in [0, 0.05) is 42.6 Å². The molecule has 0 saturated heterocycles. The molecule has 136 valence electrons. The fourth-order valence-corrected chi connectivity index (χ4v) is 3.16. The molecule has 7 heteroatoms. The van der Waals surface area contributed by atoms with Crippen molar-refractivity contribution in [3.8, 4) is 0 Å². The van der Waals surface area contributed by atoms with Gasteiger partial charge in [-0.15, -0.1) is 0 Å². The third kappa shape index (κ3) is 5.94. The normalized spacial score (nSPS) is 12.9. The number of nitrogens with zero attached hydrogens (tertiary/aromatic N) is 3. The summed E-state index contributed by atoms with van der Waals surface area (Å²) in [6.45, 7) is 5.90. The number of aliphatic imine (C=N–C) groups is 1. The minimum atomic E-state index is 0.0320. The van der Waals surface area contributed by atoms with Crippen LogP contribution in [-0.2, 0) is 6.54 Å². The van der Waals surface area contributed by atoms with Crippen LogP contribution >= 0.6 is 23.2 Å². The molecule has 0 spiro atoms. The molecular formula is C18H25Cl2N5. The maximum atomic E-state index is 6.27. The van der Waals surface area contributed by atoms with Crippen LogP contribution in [0.25, 0.3) is 0 Å². The fraction of sp³-hybridized carbons (Fsp3) is 0.444. The second-order valence-corrected chi connectivity index (χ2v) is 6.75. The molecular weight excluding hydrogens is 357 g/mol. The van der Waals surface area contributed by atoms with Gasteiger partial charge in [0.15, 0.2) is 5.96 Å². The summed E-state index contributed by atoms with van der Waals surface area (Å²) in [6, 6.07) is 5.56. The molecule has 0 aliphatic heterocycles. The van der Waals surface area contributed by atoms with Crippen LogP contribution in [0.5, 0.6) is 0 Å². The Balaban J connectivity index is 1.75. The van der Waals surface area contributed by atoms with Crippen LogP contribution in [-0.4, -0.2) is 29.1 Å². The van der Waals surface area contributed by atoms with E-state index in [1.54, 1.807) is 13.1 Å². The van der Waals surface area contributed by atoms with Crippen LogP contribution in [0.4, 0.5) is 0 Å². The van der Waals surface area contributed by atoms with Gasteiger partial charge in [-0.25, -0.2) is 4.98 Å². The van der Waals surface area contributed by atoms with Gasteiger partial charge in [0.25, 0.3) is 0 Å². The molecule has 1 aromatic heterocycles. The van der Waals surface area contributed by atoms with E-state index in [1.807, 2.05) is 38.4 Å². The Kier molecular flexibility index (Phi) is 7.59. The predicted octanol–water partition coefficient (Wildman–Crippen LogP) is 4.20. The Morgan fingerprint density at radius 1 is 1.32 bits per heavy atom. The Hall–Kier alpha value is -1.72. The van der Waals surface area contributed by atoms with E-state index in [0.717, 1.165) is 43.3 Å². The monoisotopic (exact) mass is 381 g/mol. The molecule has 2 rings (SSSR count). The van der Waals surface area contributed by atoms with Gasteiger partial charge >= 0.3 is 0 Å². The molecule has 25 heavy (non-hydrogen) atoms. The Labute approximate surface area is 159 Å². The van der Waals surface area contributed by atoms with E-state index in [1.165, 1.54) is 0 Å². The lowest BCUT2D eigenvalue weighted by atomic mass is 10.1. The average molecular weight is 382 g/mol. The molecule has 1 aromatic carbocycles.